The average molecular weight is 257 g/mol. The molecule has 0 aliphatic rings. The predicted molar refractivity (Wildman–Crippen MR) is 68.6 cm³/mol. The summed E-state index contributed by atoms with van der Waals surface area (Å²) in [5.74, 6) is 0.0883. The van der Waals surface area contributed by atoms with Crippen LogP contribution in [0.25, 0.3) is 0 Å². The van der Waals surface area contributed by atoms with E-state index in [2.05, 4.69) is 0 Å². The van der Waals surface area contributed by atoms with Crippen molar-refractivity contribution in [3.8, 4) is 11.5 Å². The van der Waals surface area contributed by atoms with Crippen molar-refractivity contribution in [2.45, 2.75) is 26.4 Å². The van der Waals surface area contributed by atoms with E-state index in [1.807, 2.05) is 13.8 Å². The van der Waals surface area contributed by atoms with Crippen LogP contribution in [0, 0.1) is 5.82 Å². The van der Waals surface area contributed by atoms with Crippen LogP contribution in [0.5, 0.6) is 11.5 Å². The molecule has 0 radical (unpaired) electrons. The Hall–Kier alpha value is -1.49. The van der Waals surface area contributed by atoms with E-state index in [0.29, 0.717) is 19.0 Å². The Bertz CT molecular complexity index is 385. The number of hydrogen-bond donors (Lipinski definition) is 1. The first-order valence-corrected chi connectivity index (χ1v) is 5.95. The minimum absolute atomic E-state index is 0.158. The Kier molecular flexibility index (Phi) is 5.71. The van der Waals surface area contributed by atoms with Crippen LogP contribution >= 0.6 is 0 Å². The summed E-state index contributed by atoms with van der Waals surface area (Å²) >= 11 is 0. The number of rotatable bonds is 7. The van der Waals surface area contributed by atoms with E-state index in [9.17, 15) is 4.39 Å². The Morgan fingerprint density at radius 3 is 2.67 bits per heavy atom. The number of nitrogen functional groups attached to an aromatic ring is 1. The summed E-state index contributed by atoms with van der Waals surface area (Å²) < 4.78 is 29.4. The number of hydrogen-bond acceptors (Lipinski definition) is 4. The SMILES string of the molecule is CCCOc1cc(OC(C)COC)c(N)cc1F. The summed E-state index contributed by atoms with van der Waals surface area (Å²) in [4.78, 5) is 0. The van der Waals surface area contributed by atoms with Gasteiger partial charge in [-0.3, -0.25) is 0 Å². The molecule has 0 aliphatic heterocycles. The van der Waals surface area contributed by atoms with Crippen molar-refractivity contribution < 1.29 is 18.6 Å². The monoisotopic (exact) mass is 257 g/mol. The lowest BCUT2D eigenvalue weighted by atomic mass is 10.2. The Labute approximate surface area is 107 Å². The van der Waals surface area contributed by atoms with Gasteiger partial charge in [-0.15, -0.1) is 0 Å². The van der Waals surface area contributed by atoms with Gasteiger partial charge < -0.3 is 19.9 Å². The summed E-state index contributed by atoms with van der Waals surface area (Å²) in [6.45, 7) is 4.68. The highest BCUT2D eigenvalue weighted by Crippen LogP contribution is 2.31. The summed E-state index contributed by atoms with van der Waals surface area (Å²) in [7, 11) is 1.59. The van der Waals surface area contributed by atoms with E-state index in [0.717, 1.165) is 6.42 Å². The smallest absolute Gasteiger partial charge is 0.167 e. The van der Waals surface area contributed by atoms with Gasteiger partial charge in [0.1, 0.15) is 11.9 Å². The largest absolute Gasteiger partial charge is 0.490 e. The van der Waals surface area contributed by atoms with Gasteiger partial charge in [-0.1, -0.05) is 6.92 Å². The number of benzene rings is 1. The second kappa shape index (κ2) is 7.06. The van der Waals surface area contributed by atoms with Crippen LogP contribution in [0.4, 0.5) is 10.1 Å². The van der Waals surface area contributed by atoms with Crippen molar-refractivity contribution in [2.24, 2.45) is 0 Å². The summed E-state index contributed by atoms with van der Waals surface area (Å²) in [6, 6.07) is 2.69. The van der Waals surface area contributed by atoms with Gasteiger partial charge in [0.05, 0.1) is 18.9 Å². The standard InChI is InChI=1S/C13H20FNO3/c1-4-5-17-12-7-13(11(15)6-10(12)14)18-9(2)8-16-3/h6-7,9H,4-5,8,15H2,1-3H3. The molecule has 1 aromatic rings. The summed E-state index contributed by atoms with van der Waals surface area (Å²) in [6.07, 6.45) is 0.641. The number of anilines is 1. The maximum atomic E-state index is 13.6. The van der Waals surface area contributed by atoms with Crippen LogP contribution in [-0.4, -0.2) is 26.4 Å². The molecule has 0 saturated carbocycles. The maximum Gasteiger partial charge on any atom is 0.167 e. The van der Waals surface area contributed by atoms with Crippen LogP contribution in [0.3, 0.4) is 0 Å². The molecule has 102 valence electrons. The van der Waals surface area contributed by atoms with Crippen molar-refractivity contribution in [1.29, 1.82) is 0 Å². The van der Waals surface area contributed by atoms with Crippen molar-refractivity contribution in [3.63, 3.8) is 0 Å². The fraction of sp³-hybridized carbons (Fsp3) is 0.538. The molecule has 0 amide bonds. The summed E-state index contributed by atoms with van der Waals surface area (Å²) in [5, 5.41) is 0. The molecule has 1 aromatic carbocycles. The lowest BCUT2D eigenvalue weighted by molar-refractivity contribution is 0.0922. The summed E-state index contributed by atoms with van der Waals surface area (Å²) in [5.41, 5.74) is 5.95. The normalized spacial score (nSPS) is 12.2. The molecule has 0 aromatic heterocycles. The molecule has 4 nitrogen and oxygen atoms in total. The molecule has 0 fully saturated rings. The first-order valence-electron chi connectivity index (χ1n) is 5.95. The number of ether oxygens (including phenoxy) is 3. The fourth-order valence-corrected chi connectivity index (χ4v) is 1.46. The van der Waals surface area contributed by atoms with Crippen LogP contribution in [-0.2, 0) is 4.74 Å². The highest BCUT2D eigenvalue weighted by molar-refractivity contribution is 5.56. The van der Waals surface area contributed by atoms with Crippen molar-refractivity contribution in [2.75, 3.05) is 26.1 Å². The number of halogens is 1. The van der Waals surface area contributed by atoms with Gasteiger partial charge >= 0.3 is 0 Å². The van der Waals surface area contributed by atoms with Gasteiger partial charge in [0.2, 0.25) is 0 Å². The lowest BCUT2D eigenvalue weighted by Gasteiger charge is -2.16. The molecule has 1 atom stereocenters. The first kappa shape index (κ1) is 14.6. The van der Waals surface area contributed by atoms with E-state index in [-0.39, 0.29) is 17.5 Å². The van der Waals surface area contributed by atoms with Gasteiger partial charge in [-0.05, 0) is 13.3 Å². The Morgan fingerprint density at radius 1 is 1.33 bits per heavy atom. The maximum absolute atomic E-state index is 13.6. The van der Waals surface area contributed by atoms with Gasteiger partial charge in [-0.2, -0.15) is 0 Å². The quantitative estimate of drug-likeness (QED) is 0.763. The second-order valence-electron chi connectivity index (χ2n) is 4.05. The van der Waals surface area contributed by atoms with E-state index < -0.39 is 5.82 Å². The molecule has 0 heterocycles. The highest BCUT2D eigenvalue weighted by Gasteiger charge is 2.12. The number of nitrogens with two attached hydrogens (primary N) is 1. The molecule has 5 heteroatoms. The van der Waals surface area contributed by atoms with Crippen LogP contribution in [0.1, 0.15) is 20.3 Å². The van der Waals surface area contributed by atoms with E-state index in [1.165, 1.54) is 12.1 Å². The molecule has 0 bridgehead atoms. The molecule has 0 spiro atoms. The Balaban J connectivity index is 2.83. The average Bonchev–Trinajstić information content (AvgIpc) is 2.31. The molecule has 1 unspecified atom stereocenters. The zero-order chi connectivity index (χ0) is 13.5. The van der Waals surface area contributed by atoms with Crippen molar-refractivity contribution in [3.05, 3.63) is 17.9 Å². The third-order valence-electron chi connectivity index (χ3n) is 2.26. The van der Waals surface area contributed by atoms with Gasteiger partial charge in [0.15, 0.2) is 11.6 Å². The third kappa shape index (κ3) is 4.07. The molecule has 0 saturated heterocycles. The first-order chi connectivity index (χ1) is 8.58. The molecule has 0 aliphatic carbocycles. The zero-order valence-corrected chi connectivity index (χ0v) is 11.0. The van der Waals surface area contributed by atoms with Crippen LogP contribution < -0.4 is 15.2 Å². The lowest BCUT2D eigenvalue weighted by Crippen LogP contribution is -2.18. The molecule has 1 rings (SSSR count). The molecule has 18 heavy (non-hydrogen) atoms. The van der Waals surface area contributed by atoms with Crippen molar-refractivity contribution in [1.82, 2.24) is 0 Å². The Morgan fingerprint density at radius 2 is 2.06 bits per heavy atom. The molecule has 2 N–H and O–H groups in total. The van der Waals surface area contributed by atoms with Crippen LogP contribution in [0.15, 0.2) is 12.1 Å². The second-order valence-corrected chi connectivity index (χ2v) is 4.05. The molecular weight excluding hydrogens is 237 g/mol. The van der Waals surface area contributed by atoms with E-state index >= 15 is 0 Å². The number of methoxy groups -OCH3 is 1. The van der Waals surface area contributed by atoms with E-state index in [1.54, 1.807) is 7.11 Å². The minimum Gasteiger partial charge on any atom is -0.490 e. The van der Waals surface area contributed by atoms with Gasteiger partial charge in [0, 0.05) is 19.2 Å². The minimum atomic E-state index is -0.479. The van der Waals surface area contributed by atoms with Crippen LogP contribution in [0.2, 0.25) is 0 Å². The van der Waals surface area contributed by atoms with Gasteiger partial charge in [0.25, 0.3) is 0 Å². The highest BCUT2D eigenvalue weighted by atomic mass is 19.1. The third-order valence-corrected chi connectivity index (χ3v) is 2.26. The topological polar surface area (TPSA) is 53.7 Å². The zero-order valence-electron chi connectivity index (χ0n) is 11.0. The van der Waals surface area contributed by atoms with E-state index in [4.69, 9.17) is 19.9 Å². The fourth-order valence-electron chi connectivity index (χ4n) is 1.46. The van der Waals surface area contributed by atoms with Gasteiger partial charge in [-0.25, -0.2) is 4.39 Å². The molecular formula is C13H20FNO3. The van der Waals surface area contributed by atoms with Crippen molar-refractivity contribution >= 4 is 5.69 Å². The predicted octanol–water partition coefficient (Wildman–Crippen LogP) is 2.61.